The van der Waals surface area contributed by atoms with Crippen molar-refractivity contribution in [1.29, 1.82) is 0 Å². The number of nitro groups is 1. The van der Waals surface area contributed by atoms with Gasteiger partial charge in [0.05, 0.1) is 10.5 Å². The molecule has 0 N–H and O–H groups in total. The minimum atomic E-state index is -0.710. The molecule has 0 saturated carbocycles. The van der Waals surface area contributed by atoms with Crippen LogP contribution in [0.15, 0.2) is 81.9 Å². The van der Waals surface area contributed by atoms with E-state index in [1.54, 1.807) is 30.3 Å². The van der Waals surface area contributed by atoms with E-state index in [-0.39, 0.29) is 23.0 Å². The van der Waals surface area contributed by atoms with Crippen LogP contribution in [-0.4, -0.2) is 22.8 Å². The molecule has 8 nitrogen and oxygen atoms in total. The third-order valence-corrected chi connectivity index (χ3v) is 5.24. The van der Waals surface area contributed by atoms with Gasteiger partial charge in [-0.15, -0.1) is 0 Å². The maximum Gasteiger partial charge on any atom is 0.363 e. The average Bonchev–Trinajstić information content (AvgIpc) is 3.16. The van der Waals surface area contributed by atoms with Crippen LogP contribution in [0, 0.1) is 10.1 Å². The van der Waals surface area contributed by atoms with E-state index in [1.807, 2.05) is 0 Å². The number of non-ortho nitro benzene ring substituents is 1. The summed E-state index contributed by atoms with van der Waals surface area (Å²) in [7, 11) is 0. The van der Waals surface area contributed by atoms with Crippen molar-refractivity contribution in [1.82, 2.24) is 0 Å². The number of cyclic esters (lactones) is 1. The lowest BCUT2D eigenvalue weighted by molar-refractivity contribution is -0.384. The lowest BCUT2D eigenvalue weighted by Gasteiger charge is -2.08. The Hall–Kier alpha value is -3.82. The van der Waals surface area contributed by atoms with E-state index < -0.39 is 16.9 Å². The fourth-order valence-corrected chi connectivity index (χ4v) is 3.38. The molecular formula is C23H12BrClN2O6. The average molecular weight is 528 g/mol. The van der Waals surface area contributed by atoms with Gasteiger partial charge >= 0.3 is 11.9 Å². The molecule has 3 aromatic carbocycles. The first-order valence-corrected chi connectivity index (χ1v) is 10.5. The molecule has 10 heteroatoms. The van der Waals surface area contributed by atoms with Gasteiger partial charge in [-0.1, -0.05) is 27.5 Å². The Balaban J connectivity index is 1.63. The second kappa shape index (κ2) is 9.35. The van der Waals surface area contributed by atoms with E-state index in [9.17, 15) is 19.7 Å². The standard InChI is InChI=1S/C23H12BrClN2O6/c24-16-5-10-20(32-22(28)14-1-6-17(25)7-2-14)15(11-16)12-19-23(29)33-21(26-19)13-3-8-18(9-4-13)27(30)31/h1-12H/b19-12+. The second-order valence-corrected chi connectivity index (χ2v) is 8.07. The van der Waals surface area contributed by atoms with E-state index in [4.69, 9.17) is 21.1 Å². The van der Waals surface area contributed by atoms with Crippen LogP contribution in [0.5, 0.6) is 5.75 Å². The molecule has 0 bridgehead atoms. The third kappa shape index (κ3) is 5.16. The number of aliphatic imine (C=N–C) groups is 1. The summed E-state index contributed by atoms with van der Waals surface area (Å²) in [6.45, 7) is 0. The molecule has 1 aliphatic rings. The fourth-order valence-electron chi connectivity index (χ4n) is 2.88. The molecule has 0 saturated heterocycles. The minimum absolute atomic E-state index is 0.0100. The summed E-state index contributed by atoms with van der Waals surface area (Å²) in [5, 5.41) is 11.3. The number of halogens is 2. The van der Waals surface area contributed by atoms with Gasteiger partial charge in [0.1, 0.15) is 5.75 Å². The van der Waals surface area contributed by atoms with Crippen LogP contribution in [0.2, 0.25) is 5.02 Å². The predicted octanol–water partition coefficient (Wildman–Crippen LogP) is 5.57. The Morgan fingerprint density at radius 1 is 1.09 bits per heavy atom. The minimum Gasteiger partial charge on any atom is -0.422 e. The molecule has 0 amide bonds. The Kier molecular flexibility index (Phi) is 6.34. The van der Waals surface area contributed by atoms with Gasteiger partial charge in [-0.25, -0.2) is 14.6 Å². The van der Waals surface area contributed by atoms with Crippen molar-refractivity contribution in [2.75, 3.05) is 0 Å². The van der Waals surface area contributed by atoms with Gasteiger partial charge in [0.15, 0.2) is 5.70 Å². The number of carbonyl (C=O) groups is 2. The lowest BCUT2D eigenvalue weighted by atomic mass is 10.1. The SMILES string of the molecule is O=C1OC(c2ccc([N+](=O)[O-])cc2)=N/C1=C/c1cc(Br)ccc1OC(=O)c1ccc(Cl)cc1. The molecule has 1 heterocycles. The molecule has 0 unspecified atom stereocenters. The largest absolute Gasteiger partial charge is 0.422 e. The summed E-state index contributed by atoms with van der Waals surface area (Å²) in [5.74, 6) is -1.09. The van der Waals surface area contributed by atoms with E-state index >= 15 is 0 Å². The monoisotopic (exact) mass is 526 g/mol. The topological polar surface area (TPSA) is 108 Å². The molecule has 1 aliphatic heterocycles. The van der Waals surface area contributed by atoms with Crippen molar-refractivity contribution in [2.45, 2.75) is 0 Å². The highest BCUT2D eigenvalue weighted by Crippen LogP contribution is 2.29. The highest BCUT2D eigenvalue weighted by atomic mass is 79.9. The van der Waals surface area contributed by atoms with Crippen LogP contribution >= 0.6 is 27.5 Å². The number of hydrogen-bond donors (Lipinski definition) is 0. The number of nitrogens with zero attached hydrogens (tertiary/aromatic N) is 2. The van der Waals surface area contributed by atoms with Crippen molar-refractivity contribution < 1.29 is 24.0 Å². The summed E-state index contributed by atoms with van der Waals surface area (Å²) < 4.78 is 11.4. The summed E-state index contributed by atoms with van der Waals surface area (Å²) in [6.07, 6.45) is 1.43. The fraction of sp³-hybridized carbons (Fsp3) is 0. The Morgan fingerprint density at radius 2 is 1.79 bits per heavy atom. The van der Waals surface area contributed by atoms with Gasteiger partial charge < -0.3 is 9.47 Å². The van der Waals surface area contributed by atoms with Crippen LogP contribution in [0.1, 0.15) is 21.5 Å². The van der Waals surface area contributed by atoms with Crippen LogP contribution < -0.4 is 4.74 Å². The van der Waals surface area contributed by atoms with Gasteiger partial charge in [-0.05, 0) is 60.7 Å². The van der Waals surface area contributed by atoms with E-state index in [0.29, 0.717) is 26.2 Å². The first-order chi connectivity index (χ1) is 15.8. The highest BCUT2D eigenvalue weighted by molar-refractivity contribution is 9.10. The zero-order valence-corrected chi connectivity index (χ0v) is 18.9. The summed E-state index contributed by atoms with van der Waals surface area (Å²) in [4.78, 5) is 39.4. The van der Waals surface area contributed by atoms with Crippen LogP contribution in [-0.2, 0) is 9.53 Å². The smallest absolute Gasteiger partial charge is 0.363 e. The first kappa shape index (κ1) is 22.4. The summed E-state index contributed by atoms with van der Waals surface area (Å²) >= 11 is 9.21. The number of ether oxygens (including phenoxy) is 2. The maximum absolute atomic E-state index is 12.5. The quantitative estimate of drug-likeness (QED) is 0.141. The molecule has 3 aromatic rings. The lowest BCUT2D eigenvalue weighted by Crippen LogP contribution is -2.09. The molecule has 0 radical (unpaired) electrons. The number of carbonyl (C=O) groups excluding carboxylic acids is 2. The van der Waals surface area contributed by atoms with Gasteiger partial charge in [0.25, 0.3) is 5.69 Å². The summed E-state index contributed by atoms with van der Waals surface area (Å²) in [6, 6.07) is 16.6. The number of hydrogen-bond acceptors (Lipinski definition) is 7. The van der Waals surface area contributed by atoms with Crippen LogP contribution in [0.25, 0.3) is 6.08 Å². The molecule has 33 heavy (non-hydrogen) atoms. The molecule has 4 rings (SSSR count). The van der Waals surface area contributed by atoms with Gasteiger partial charge in [0.2, 0.25) is 5.90 Å². The zero-order valence-electron chi connectivity index (χ0n) is 16.5. The van der Waals surface area contributed by atoms with E-state index in [0.717, 1.165) is 0 Å². The summed E-state index contributed by atoms with van der Waals surface area (Å²) in [5.41, 5.74) is 0.999. The predicted molar refractivity (Wildman–Crippen MR) is 124 cm³/mol. The van der Waals surface area contributed by atoms with Gasteiger partial charge in [-0.3, -0.25) is 10.1 Å². The van der Waals surface area contributed by atoms with Crippen molar-refractivity contribution in [3.05, 3.63) is 109 Å². The van der Waals surface area contributed by atoms with Crippen molar-refractivity contribution in [2.24, 2.45) is 4.99 Å². The van der Waals surface area contributed by atoms with Crippen molar-refractivity contribution >= 4 is 57.1 Å². The number of benzene rings is 3. The normalized spacial score (nSPS) is 14.1. The van der Waals surface area contributed by atoms with E-state index in [1.165, 1.54) is 42.5 Å². The molecule has 0 aromatic heterocycles. The molecule has 164 valence electrons. The highest BCUT2D eigenvalue weighted by Gasteiger charge is 2.25. The van der Waals surface area contributed by atoms with Crippen molar-refractivity contribution in [3.8, 4) is 5.75 Å². The number of esters is 2. The third-order valence-electron chi connectivity index (χ3n) is 4.49. The van der Waals surface area contributed by atoms with Crippen LogP contribution in [0.3, 0.4) is 0 Å². The zero-order chi connectivity index (χ0) is 23.5. The Morgan fingerprint density at radius 3 is 2.45 bits per heavy atom. The molecule has 0 atom stereocenters. The maximum atomic E-state index is 12.5. The Labute approximate surface area is 200 Å². The van der Waals surface area contributed by atoms with Gasteiger partial charge in [0, 0.05) is 32.8 Å². The first-order valence-electron chi connectivity index (χ1n) is 9.35. The van der Waals surface area contributed by atoms with E-state index in [2.05, 4.69) is 20.9 Å². The molecule has 0 spiro atoms. The van der Waals surface area contributed by atoms with Crippen molar-refractivity contribution in [3.63, 3.8) is 0 Å². The molecular weight excluding hydrogens is 516 g/mol. The number of rotatable bonds is 5. The molecule has 0 aliphatic carbocycles. The second-order valence-electron chi connectivity index (χ2n) is 6.72. The number of nitro benzene ring substituents is 1. The van der Waals surface area contributed by atoms with Gasteiger partial charge in [-0.2, -0.15) is 0 Å². The van der Waals surface area contributed by atoms with Crippen LogP contribution in [0.4, 0.5) is 5.69 Å². The molecule has 0 fully saturated rings. The Bertz CT molecular complexity index is 1330.